The number of likely N-dealkylation sites (N-methyl/N-ethyl adjacent to an activating group) is 1. The van der Waals surface area contributed by atoms with Gasteiger partial charge in [-0.3, -0.25) is 4.79 Å². The average molecular weight is 280 g/mol. The van der Waals surface area contributed by atoms with Crippen molar-refractivity contribution >= 4 is 23.4 Å². The molecule has 0 bridgehead atoms. The van der Waals surface area contributed by atoms with Crippen molar-refractivity contribution in [3.8, 4) is 0 Å². The lowest BCUT2D eigenvalue weighted by molar-refractivity contribution is -0.126. The van der Waals surface area contributed by atoms with Crippen molar-refractivity contribution in [3.63, 3.8) is 0 Å². The zero-order valence-corrected chi connectivity index (χ0v) is 12.2. The number of hydrogen-bond donors (Lipinski definition) is 1. The van der Waals surface area contributed by atoms with Crippen LogP contribution < -0.4 is 10.6 Å². The van der Waals surface area contributed by atoms with Gasteiger partial charge in [-0.25, -0.2) is 0 Å². The minimum absolute atomic E-state index is 0.0345. The second-order valence-corrected chi connectivity index (χ2v) is 5.71. The van der Waals surface area contributed by atoms with Crippen LogP contribution in [0.1, 0.15) is 12.8 Å². The fourth-order valence-electron chi connectivity index (χ4n) is 2.21. The molecule has 2 N–H and O–H groups in total. The molecule has 0 aliphatic carbocycles. The molecule has 0 atom stereocenters. The van der Waals surface area contributed by atoms with Gasteiger partial charge in [0.15, 0.2) is 0 Å². The number of ether oxygens (including phenoxy) is 1. The van der Waals surface area contributed by atoms with Gasteiger partial charge in [0.05, 0.1) is 0 Å². The average Bonchev–Trinajstić information content (AvgIpc) is 2.46. The highest BCUT2D eigenvalue weighted by Gasteiger charge is 2.38. The molecule has 0 radical (unpaired) electrons. The molecule has 0 aromatic heterocycles. The van der Waals surface area contributed by atoms with Crippen molar-refractivity contribution in [1.82, 2.24) is 0 Å². The Morgan fingerprint density at radius 3 is 2.42 bits per heavy atom. The van der Waals surface area contributed by atoms with Crippen LogP contribution in [0.15, 0.2) is 29.2 Å². The van der Waals surface area contributed by atoms with E-state index in [1.54, 1.807) is 23.7 Å². The molecule has 1 fully saturated rings. The summed E-state index contributed by atoms with van der Waals surface area (Å²) in [4.78, 5) is 15.3. The highest BCUT2D eigenvalue weighted by molar-refractivity contribution is 7.98. The first-order valence-electron chi connectivity index (χ1n) is 6.36. The molecule has 1 amide bonds. The van der Waals surface area contributed by atoms with Crippen molar-refractivity contribution in [1.29, 1.82) is 0 Å². The van der Waals surface area contributed by atoms with E-state index in [-0.39, 0.29) is 5.91 Å². The van der Waals surface area contributed by atoms with Crippen molar-refractivity contribution in [2.24, 2.45) is 5.73 Å². The van der Waals surface area contributed by atoms with Crippen LogP contribution in [0.25, 0.3) is 0 Å². The van der Waals surface area contributed by atoms with Crippen LogP contribution in [0, 0.1) is 0 Å². The third-order valence-electron chi connectivity index (χ3n) is 3.58. The van der Waals surface area contributed by atoms with Crippen molar-refractivity contribution in [2.75, 3.05) is 31.4 Å². The van der Waals surface area contributed by atoms with Gasteiger partial charge in [0, 0.05) is 30.8 Å². The molecule has 0 unspecified atom stereocenters. The summed E-state index contributed by atoms with van der Waals surface area (Å²) in [5, 5.41) is 0. The van der Waals surface area contributed by atoms with E-state index < -0.39 is 5.54 Å². The summed E-state index contributed by atoms with van der Waals surface area (Å²) in [6.07, 6.45) is 3.19. The monoisotopic (exact) mass is 280 g/mol. The Morgan fingerprint density at radius 2 is 1.89 bits per heavy atom. The molecule has 5 heteroatoms. The predicted molar refractivity (Wildman–Crippen MR) is 78.6 cm³/mol. The fraction of sp³-hybridized carbons (Fsp3) is 0.500. The topological polar surface area (TPSA) is 55.6 Å². The summed E-state index contributed by atoms with van der Waals surface area (Å²) >= 11 is 1.68. The zero-order chi connectivity index (χ0) is 13.9. The largest absolute Gasteiger partial charge is 0.381 e. The second kappa shape index (κ2) is 5.94. The summed E-state index contributed by atoms with van der Waals surface area (Å²) in [7, 11) is 1.78. The smallest absolute Gasteiger partial charge is 0.246 e. The first-order chi connectivity index (χ1) is 9.07. The molecule has 1 heterocycles. The Balaban J connectivity index is 2.13. The van der Waals surface area contributed by atoms with Gasteiger partial charge in [-0.2, -0.15) is 0 Å². The van der Waals surface area contributed by atoms with E-state index in [4.69, 9.17) is 10.5 Å². The number of amides is 1. The lowest BCUT2D eigenvalue weighted by Crippen LogP contribution is -2.57. The minimum Gasteiger partial charge on any atom is -0.381 e. The van der Waals surface area contributed by atoms with Crippen LogP contribution in [0.4, 0.5) is 5.69 Å². The first kappa shape index (κ1) is 14.4. The Kier molecular flexibility index (Phi) is 4.50. The summed E-state index contributed by atoms with van der Waals surface area (Å²) in [6, 6.07) is 7.92. The third kappa shape index (κ3) is 3.11. The molecule has 4 nitrogen and oxygen atoms in total. The Hall–Kier alpha value is -1.04. The van der Waals surface area contributed by atoms with Crippen LogP contribution in [0.2, 0.25) is 0 Å². The molecule has 0 saturated carbocycles. The molecule has 104 valence electrons. The molecule has 1 aromatic carbocycles. The normalized spacial score (nSPS) is 18.1. The standard InChI is InChI=1S/C14H20N2O2S/c1-16(11-3-5-12(19-2)6-4-11)13(17)14(15)7-9-18-10-8-14/h3-6H,7-10,15H2,1-2H3. The number of rotatable bonds is 3. The third-order valence-corrected chi connectivity index (χ3v) is 4.32. The molecule has 1 saturated heterocycles. The second-order valence-electron chi connectivity index (χ2n) is 4.83. The first-order valence-corrected chi connectivity index (χ1v) is 7.58. The molecule has 19 heavy (non-hydrogen) atoms. The van der Waals surface area contributed by atoms with E-state index in [2.05, 4.69) is 0 Å². The van der Waals surface area contributed by atoms with Gasteiger partial charge in [-0.15, -0.1) is 11.8 Å². The molecule has 2 rings (SSSR count). The van der Waals surface area contributed by atoms with Gasteiger partial charge in [0.1, 0.15) is 5.54 Å². The maximum Gasteiger partial charge on any atom is 0.246 e. The summed E-state index contributed by atoms with van der Waals surface area (Å²) in [5.41, 5.74) is 6.31. The lowest BCUT2D eigenvalue weighted by Gasteiger charge is -2.35. The van der Waals surface area contributed by atoms with E-state index in [0.29, 0.717) is 26.1 Å². The van der Waals surface area contributed by atoms with Crippen LogP contribution >= 0.6 is 11.8 Å². The highest BCUT2D eigenvalue weighted by Crippen LogP contribution is 2.25. The number of carbonyl (C=O) groups excluding carboxylic acids is 1. The number of thioether (sulfide) groups is 1. The predicted octanol–water partition coefficient (Wildman–Crippen LogP) is 1.88. The molecule has 0 spiro atoms. The Bertz CT molecular complexity index is 441. The maximum atomic E-state index is 12.5. The number of anilines is 1. The summed E-state index contributed by atoms with van der Waals surface area (Å²) in [5.74, 6) is -0.0345. The molecular formula is C14H20N2O2S. The van der Waals surface area contributed by atoms with Gasteiger partial charge in [0.25, 0.3) is 0 Å². The van der Waals surface area contributed by atoms with Crippen molar-refractivity contribution < 1.29 is 9.53 Å². The molecular weight excluding hydrogens is 260 g/mol. The molecule has 1 aliphatic heterocycles. The van der Waals surface area contributed by atoms with E-state index in [0.717, 1.165) is 5.69 Å². The van der Waals surface area contributed by atoms with Gasteiger partial charge < -0.3 is 15.4 Å². The Morgan fingerprint density at radius 1 is 1.32 bits per heavy atom. The highest BCUT2D eigenvalue weighted by atomic mass is 32.2. The van der Waals surface area contributed by atoms with Gasteiger partial charge in [-0.05, 0) is 43.4 Å². The SMILES string of the molecule is CSc1ccc(N(C)C(=O)C2(N)CCOCC2)cc1. The van der Waals surface area contributed by atoms with E-state index in [1.807, 2.05) is 30.5 Å². The maximum absolute atomic E-state index is 12.5. The summed E-state index contributed by atoms with van der Waals surface area (Å²) in [6.45, 7) is 1.11. The zero-order valence-electron chi connectivity index (χ0n) is 11.4. The van der Waals surface area contributed by atoms with Crippen LogP contribution in [0.5, 0.6) is 0 Å². The lowest BCUT2D eigenvalue weighted by atomic mass is 9.89. The summed E-state index contributed by atoms with van der Waals surface area (Å²) < 4.78 is 5.28. The Labute approximate surface area is 118 Å². The molecule has 1 aromatic rings. The number of benzene rings is 1. The number of nitrogens with two attached hydrogens (primary N) is 1. The van der Waals surface area contributed by atoms with Gasteiger partial charge >= 0.3 is 0 Å². The van der Waals surface area contributed by atoms with Crippen LogP contribution in [-0.2, 0) is 9.53 Å². The van der Waals surface area contributed by atoms with Gasteiger partial charge in [-0.1, -0.05) is 0 Å². The van der Waals surface area contributed by atoms with E-state index in [1.165, 1.54) is 4.90 Å². The van der Waals surface area contributed by atoms with Crippen molar-refractivity contribution in [3.05, 3.63) is 24.3 Å². The van der Waals surface area contributed by atoms with E-state index in [9.17, 15) is 4.79 Å². The van der Waals surface area contributed by atoms with E-state index >= 15 is 0 Å². The van der Waals surface area contributed by atoms with Crippen LogP contribution in [-0.4, -0.2) is 38.0 Å². The number of nitrogens with zero attached hydrogens (tertiary/aromatic N) is 1. The number of hydrogen-bond acceptors (Lipinski definition) is 4. The number of carbonyl (C=O) groups is 1. The van der Waals surface area contributed by atoms with Crippen LogP contribution in [0.3, 0.4) is 0 Å². The van der Waals surface area contributed by atoms with Crippen molar-refractivity contribution in [2.45, 2.75) is 23.3 Å². The quantitative estimate of drug-likeness (QED) is 0.859. The molecule has 1 aliphatic rings. The minimum atomic E-state index is -0.787. The van der Waals surface area contributed by atoms with Gasteiger partial charge in [0.2, 0.25) is 5.91 Å². The fourth-order valence-corrected chi connectivity index (χ4v) is 2.61.